The molecule has 0 aliphatic heterocycles. The van der Waals surface area contributed by atoms with Crippen LogP contribution in [0.25, 0.3) is 11.3 Å². The highest BCUT2D eigenvalue weighted by molar-refractivity contribution is 6.31. The molecule has 0 aliphatic carbocycles. The van der Waals surface area contributed by atoms with Crippen molar-refractivity contribution in [2.24, 2.45) is 0 Å². The van der Waals surface area contributed by atoms with Crippen molar-refractivity contribution in [2.75, 3.05) is 6.61 Å². The van der Waals surface area contributed by atoms with Crippen molar-refractivity contribution in [2.45, 2.75) is 6.92 Å². The Kier molecular flexibility index (Phi) is 3.31. The Labute approximate surface area is 98.3 Å². The van der Waals surface area contributed by atoms with Crippen LogP contribution in [0.15, 0.2) is 30.6 Å². The minimum Gasteiger partial charge on any atom is -0.494 e. The van der Waals surface area contributed by atoms with Gasteiger partial charge in [0.05, 0.1) is 6.61 Å². The van der Waals surface area contributed by atoms with E-state index in [0.29, 0.717) is 17.5 Å². The van der Waals surface area contributed by atoms with Crippen molar-refractivity contribution >= 4 is 11.6 Å². The van der Waals surface area contributed by atoms with Gasteiger partial charge in [-0.25, -0.2) is 4.98 Å². The highest BCUT2D eigenvalue weighted by Gasteiger charge is 2.06. The zero-order valence-electron chi connectivity index (χ0n) is 8.72. The maximum atomic E-state index is 5.91. The average Bonchev–Trinajstić information content (AvgIpc) is 2.31. The average molecular weight is 236 g/mol. The van der Waals surface area contributed by atoms with E-state index in [0.717, 1.165) is 11.3 Å². The molecule has 1 heterocycles. The first-order chi connectivity index (χ1) is 7.81. The second kappa shape index (κ2) is 4.90. The second-order valence-electron chi connectivity index (χ2n) is 3.06. The van der Waals surface area contributed by atoms with E-state index in [-0.39, 0.29) is 0 Å². The summed E-state index contributed by atoms with van der Waals surface area (Å²) in [4.78, 5) is 3.87. The lowest BCUT2D eigenvalue weighted by Crippen LogP contribution is -1.93. The molecule has 0 spiro atoms. The molecule has 2 aromatic rings. The van der Waals surface area contributed by atoms with E-state index in [2.05, 4.69) is 15.2 Å². The molecule has 0 unspecified atom stereocenters. The van der Waals surface area contributed by atoms with Gasteiger partial charge < -0.3 is 4.74 Å². The van der Waals surface area contributed by atoms with E-state index in [1.807, 2.05) is 31.2 Å². The van der Waals surface area contributed by atoms with Crippen LogP contribution < -0.4 is 4.74 Å². The number of hydrogen-bond acceptors (Lipinski definition) is 4. The molecular formula is C11H10ClN3O. The summed E-state index contributed by atoms with van der Waals surface area (Å²) in [6.45, 7) is 2.59. The zero-order valence-corrected chi connectivity index (χ0v) is 9.48. The highest BCUT2D eigenvalue weighted by atomic mass is 35.5. The third-order valence-electron chi connectivity index (χ3n) is 2.01. The van der Waals surface area contributed by atoms with Gasteiger partial charge in [-0.1, -0.05) is 11.6 Å². The second-order valence-corrected chi connectivity index (χ2v) is 3.41. The van der Waals surface area contributed by atoms with Gasteiger partial charge in [0.1, 0.15) is 17.8 Å². The molecule has 2 rings (SSSR count). The summed E-state index contributed by atoms with van der Waals surface area (Å²) in [7, 11) is 0. The molecule has 16 heavy (non-hydrogen) atoms. The molecular weight excluding hydrogens is 226 g/mol. The topological polar surface area (TPSA) is 47.9 Å². The van der Waals surface area contributed by atoms with Crippen LogP contribution in [0, 0.1) is 0 Å². The van der Waals surface area contributed by atoms with E-state index in [1.165, 1.54) is 6.33 Å². The Balaban J connectivity index is 2.31. The molecule has 0 fully saturated rings. The number of halogens is 1. The first-order valence-corrected chi connectivity index (χ1v) is 5.25. The van der Waals surface area contributed by atoms with Crippen molar-refractivity contribution in [1.29, 1.82) is 0 Å². The standard InChI is InChI=1S/C11H10ClN3O/c1-2-16-9-5-3-8(4-6-9)10-11(12)13-7-14-15-10/h3-7H,2H2,1H3. The third kappa shape index (κ3) is 2.28. The van der Waals surface area contributed by atoms with Gasteiger partial charge in [0.2, 0.25) is 0 Å². The van der Waals surface area contributed by atoms with Crippen LogP contribution in [0.4, 0.5) is 0 Å². The van der Waals surface area contributed by atoms with E-state index >= 15 is 0 Å². The molecule has 4 nitrogen and oxygen atoms in total. The lowest BCUT2D eigenvalue weighted by Gasteiger charge is -2.04. The molecule has 0 N–H and O–H groups in total. The summed E-state index contributed by atoms with van der Waals surface area (Å²) in [5.74, 6) is 0.819. The molecule has 5 heteroatoms. The summed E-state index contributed by atoms with van der Waals surface area (Å²) in [5.41, 5.74) is 1.45. The van der Waals surface area contributed by atoms with Crippen LogP contribution in [0.2, 0.25) is 5.15 Å². The molecule has 0 aliphatic rings. The molecule has 0 bridgehead atoms. The SMILES string of the molecule is CCOc1ccc(-c2nncnc2Cl)cc1. The molecule has 0 saturated carbocycles. The number of rotatable bonds is 3. The Morgan fingerprint density at radius 3 is 2.62 bits per heavy atom. The van der Waals surface area contributed by atoms with Crippen LogP contribution in [-0.4, -0.2) is 21.8 Å². The van der Waals surface area contributed by atoms with Crippen LogP contribution in [0.3, 0.4) is 0 Å². The van der Waals surface area contributed by atoms with Crippen LogP contribution in [-0.2, 0) is 0 Å². The van der Waals surface area contributed by atoms with Gasteiger partial charge in [0.15, 0.2) is 5.15 Å². The summed E-state index contributed by atoms with van der Waals surface area (Å²) < 4.78 is 5.34. The molecule has 0 atom stereocenters. The summed E-state index contributed by atoms with van der Waals surface area (Å²) in [6.07, 6.45) is 1.32. The molecule has 0 radical (unpaired) electrons. The fourth-order valence-corrected chi connectivity index (χ4v) is 1.51. The summed E-state index contributed by atoms with van der Waals surface area (Å²) in [5, 5.41) is 7.99. The van der Waals surface area contributed by atoms with Crippen LogP contribution >= 0.6 is 11.6 Å². The first-order valence-electron chi connectivity index (χ1n) is 4.87. The lowest BCUT2D eigenvalue weighted by atomic mass is 10.1. The Morgan fingerprint density at radius 1 is 1.25 bits per heavy atom. The van der Waals surface area contributed by atoms with Gasteiger partial charge in [-0.2, -0.15) is 0 Å². The predicted octanol–water partition coefficient (Wildman–Crippen LogP) is 2.59. The van der Waals surface area contributed by atoms with Crippen molar-refractivity contribution < 1.29 is 4.74 Å². The lowest BCUT2D eigenvalue weighted by molar-refractivity contribution is 0.340. The number of ether oxygens (including phenoxy) is 1. The molecule has 1 aromatic heterocycles. The fraction of sp³-hybridized carbons (Fsp3) is 0.182. The normalized spacial score (nSPS) is 10.1. The van der Waals surface area contributed by atoms with Gasteiger partial charge in [-0.3, -0.25) is 0 Å². The monoisotopic (exact) mass is 235 g/mol. The van der Waals surface area contributed by atoms with Gasteiger partial charge in [0.25, 0.3) is 0 Å². The minimum atomic E-state index is 0.346. The Bertz CT molecular complexity index is 473. The maximum Gasteiger partial charge on any atom is 0.159 e. The Morgan fingerprint density at radius 2 is 2.00 bits per heavy atom. The smallest absolute Gasteiger partial charge is 0.159 e. The molecule has 1 aromatic carbocycles. The summed E-state index contributed by atoms with van der Waals surface area (Å²) in [6, 6.07) is 7.48. The number of nitrogens with zero attached hydrogens (tertiary/aromatic N) is 3. The van der Waals surface area contributed by atoms with Gasteiger partial charge in [-0.05, 0) is 31.2 Å². The first kappa shape index (κ1) is 10.8. The van der Waals surface area contributed by atoms with Crippen LogP contribution in [0.5, 0.6) is 5.75 Å². The van der Waals surface area contributed by atoms with E-state index in [1.54, 1.807) is 0 Å². The van der Waals surface area contributed by atoms with Gasteiger partial charge in [-0.15, -0.1) is 10.2 Å². The van der Waals surface area contributed by atoms with Gasteiger partial charge >= 0.3 is 0 Å². The highest BCUT2D eigenvalue weighted by Crippen LogP contribution is 2.24. The number of aromatic nitrogens is 3. The molecule has 0 amide bonds. The van der Waals surface area contributed by atoms with Gasteiger partial charge in [0, 0.05) is 5.56 Å². The van der Waals surface area contributed by atoms with Crippen molar-refractivity contribution in [3.05, 3.63) is 35.7 Å². The molecule has 0 saturated heterocycles. The third-order valence-corrected chi connectivity index (χ3v) is 2.29. The van der Waals surface area contributed by atoms with E-state index in [9.17, 15) is 0 Å². The van der Waals surface area contributed by atoms with Crippen LogP contribution in [0.1, 0.15) is 6.92 Å². The predicted molar refractivity (Wildman–Crippen MR) is 61.4 cm³/mol. The largest absolute Gasteiger partial charge is 0.494 e. The number of hydrogen-bond donors (Lipinski definition) is 0. The number of benzene rings is 1. The summed E-state index contributed by atoms with van der Waals surface area (Å²) >= 11 is 5.91. The fourth-order valence-electron chi connectivity index (χ4n) is 1.32. The van der Waals surface area contributed by atoms with E-state index < -0.39 is 0 Å². The maximum absolute atomic E-state index is 5.91. The van der Waals surface area contributed by atoms with Crippen molar-refractivity contribution in [3.8, 4) is 17.0 Å². The van der Waals surface area contributed by atoms with Crippen molar-refractivity contribution in [1.82, 2.24) is 15.2 Å². The Hall–Kier alpha value is -1.68. The van der Waals surface area contributed by atoms with E-state index in [4.69, 9.17) is 16.3 Å². The zero-order chi connectivity index (χ0) is 11.4. The van der Waals surface area contributed by atoms with Crippen molar-refractivity contribution in [3.63, 3.8) is 0 Å². The quantitative estimate of drug-likeness (QED) is 0.821. The molecule has 82 valence electrons. The minimum absolute atomic E-state index is 0.346.